The molecule has 6 nitrogen and oxygen atoms in total. The summed E-state index contributed by atoms with van der Waals surface area (Å²) in [5.74, 6) is 3.99. The highest BCUT2D eigenvalue weighted by Crippen LogP contribution is 2.54. The fourth-order valence-corrected chi connectivity index (χ4v) is 4.90. The van der Waals surface area contributed by atoms with Gasteiger partial charge in [0.2, 0.25) is 0 Å². The van der Waals surface area contributed by atoms with Gasteiger partial charge < -0.3 is 10.6 Å². The first-order chi connectivity index (χ1) is 13.1. The van der Waals surface area contributed by atoms with Crippen LogP contribution in [-0.2, 0) is 0 Å². The number of nitrogens with one attached hydrogen (secondary N) is 3. The Hall–Kier alpha value is -2.11. The zero-order valence-electron chi connectivity index (χ0n) is 16.3. The molecule has 0 saturated heterocycles. The topological polar surface area (TPSA) is 78.1 Å². The molecule has 0 spiro atoms. The van der Waals surface area contributed by atoms with Crippen LogP contribution in [0.2, 0.25) is 0 Å². The van der Waals surface area contributed by atoms with Crippen molar-refractivity contribution in [2.45, 2.75) is 76.8 Å². The predicted octanol–water partition coefficient (Wildman–Crippen LogP) is 3.86. The minimum absolute atomic E-state index is 0.404. The smallest absolute Gasteiger partial charge is 0.160 e. The van der Waals surface area contributed by atoms with Gasteiger partial charge in [-0.1, -0.05) is 0 Å². The van der Waals surface area contributed by atoms with Gasteiger partial charge in [-0.25, -0.2) is 4.98 Å². The van der Waals surface area contributed by atoms with Crippen molar-refractivity contribution in [3.63, 3.8) is 0 Å². The summed E-state index contributed by atoms with van der Waals surface area (Å²) in [5.41, 5.74) is 3.43. The number of nitrogens with zero attached hydrogens (tertiary/aromatic N) is 3. The molecule has 0 radical (unpaired) electrons. The zero-order valence-corrected chi connectivity index (χ0v) is 16.3. The van der Waals surface area contributed by atoms with Crippen molar-refractivity contribution >= 4 is 17.3 Å². The van der Waals surface area contributed by atoms with E-state index >= 15 is 0 Å². The van der Waals surface area contributed by atoms with Gasteiger partial charge in [0.25, 0.3) is 0 Å². The predicted molar refractivity (Wildman–Crippen MR) is 107 cm³/mol. The second kappa shape index (κ2) is 6.50. The van der Waals surface area contributed by atoms with E-state index in [-0.39, 0.29) is 0 Å². The highest BCUT2D eigenvalue weighted by atomic mass is 15.3. The van der Waals surface area contributed by atoms with Crippen molar-refractivity contribution < 1.29 is 0 Å². The number of anilines is 1. The number of aromatic nitrogens is 3. The molecular weight excluding hydrogens is 336 g/mol. The third kappa shape index (κ3) is 3.42. The summed E-state index contributed by atoms with van der Waals surface area (Å²) in [7, 11) is 0. The Morgan fingerprint density at radius 2 is 1.85 bits per heavy atom. The quantitative estimate of drug-likeness (QED) is 0.536. The Bertz CT molecular complexity index is 851. The van der Waals surface area contributed by atoms with Crippen LogP contribution in [0.1, 0.15) is 69.0 Å². The van der Waals surface area contributed by atoms with Crippen LogP contribution in [0.4, 0.5) is 5.82 Å². The Morgan fingerprint density at radius 3 is 2.52 bits per heavy atom. The highest BCUT2D eigenvalue weighted by Gasteiger charge is 2.43. The molecule has 27 heavy (non-hydrogen) atoms. The summed E-state index contributed by atoms with van der Waals surface area (Å²) in [6.07, 6.45) is 10.7. The molecule has 3 fully saturated rings. The number of fused-ring (bicyclic) bond motifs is 1. The maximum atomic E-state index is 7.67. The molecule has 6 heteroatoms. The van der Waals surface area contributed by atoms with Crippen LogP contribution in [0, 0.1) is 24.2 Å². The second-order valence-corrected chi connectivity index (χ2v) is 8.95. The SMILES string of the molecule is CC(=N)N[C@H]1CC[C@H](Nc2cc(C(C3CC3)C3CC3)nc3c(C)cnn23)C1. The normalized spacial score (nSPS) is 25.3. The standard InChI is InChI=1S/C21H30N6/c1-12-11-23-27-19(25-17-8-7-16(9-17)24-13(2)22)10-18(26-21(12)27)20(14-3-4-14)15-5-6-15/h10-11,14-17,20,25H,3-9H2,1-2H3,(H2,22,24)/t16-,17-/m0/s1. The molecule has 3 aliphatic carbocycles. The van der Waals surface area contributed by atoms with E-state index in [1.807, 2.05) is 17.6 Å². The molecule has 2 heterocycles. The van der Waals surface area contributed by atoms with Gasteiger partial charge in [0.15, 0.2) is 5.65 Å². The zero-order chi connectivity index (χ0) is 18.5. The molecule has 2 aromatic rings. The molecule has 0 unspecified atom stereocenters. The summed E-state index contributed by atoms with van der Waals surface area (Å²) in [6.45, 7) is 3.93. The average Bonchev–Trinajstić information content (AvgIpc) is 3.55. The molecule has 3 aliphatic rings. The second-order valence-electron chi connectivity index (χ2n) is 8.95. The molecule has 5 rings (SSSR count). The van der Waals surface area contributed by atoms with Gasteiger partial charge in [0.1, 0.15) is 5.82 Å². The van der Waals surface area contributed by atoms with Crippen molar-refractivity contribution in [2.24, 2.45) is 11.8 Å². The number of amidine groups is 1. The molecule has 0 aliphatic heterocycles. The highest BCUT2D eigenvalue weighted by molar-refractivity contribution is 5.76. The van der Waals surface area contributed by atoms with Crippen molar-refractivity contribution in [2.75, 3.05) is 5.32 Å². The van der Waals surface area contributed by atoms with E-state index in [2.05, 4.69) is 28.7 Å². The first kappa shape index (κ1) is 17.0. The van der Waals surface area contributed by atoms with E-state index in [1.165, 1.54) is 31.4 Å². The van der Waals surface area contributed by atoms with Gasteiger partial charge >= 0.3 is 0 Å². The van der Waals surface area contributed by atoms with Gasteiger partial charge in [-0.3, -0.25) is 5.41 Å². The molecule has 0 amide bonds. The monoisotopic (exact) mass is 366 g/mol. The molecule has 2 atom stereocenters. The van der Waals surface area contributed by atoms with Crippen molar-refractivity contribution in [1.82, 2.24) is 19.9 Å². The van der Waals surface area contributed by atoms with E-state index in [9.17, 15) is 0 Å². The van der Waals surface area contributed by atoms with Gasteiger partial charge in [0.05, 0.1) is 17.7 Å². The summed E-state index contributed by atoms with van der Waals surface area (Å²) < 4.78 is 1.98. The largest absolute Gasteiger partial charge is 0.371 e. The molecular formula is C21H30N6. The third-order valence-corrected chi connectivity index (χ3v) is 6.47. The summed E-state index contributed by atoms with van der Waals surface area (Å²) in [5, 5.41) is 19.3. The minimum atomic E-state index is 0.404. The Labute approximate surface area is 160 Å². The van der Waals surface area contributed by atoms with E-state index in [0.717, 1.165) is 48.1 Å². The lowest BCUT2D eigenvalue weighted by Gasteiger charge is -2.20. The number of rotatable bonds is 6. The number of hydrogen-bond donors (Lipinski definition) is 3. The Morgan fingerprint density at radius 1 is 1.15 bits per heavy atom. The van der Waals surface area contributed by atoms with Crippen molar-refractivity contribution in [1.29, 1.82) is 5.41 Å². The van der Waals surface area contributed by atoms with Crippen LogP contribution in [0.5, 0.6) is 0 Å². The van der Waals surface area contributed by atoms with Gasteiger partial charge in [-0.2, -0.15) is 9.61 Å². The van der Waals surface area contributed by atoms with Crippen LogP contribution in [0.15, 0.2) is 12.3 Å². The van der Waals surface area contributed by atoms with Gasteiger partial charge in [-0.05, 0) is 70.6 Å². The maximum absolute atomic E-state index is 7.67. The van der Waals surface area contributed by atoms with E-state index < -0.39 is 0 Å². The fourth-order valence-electron chi connectivity index (χ4n) is 4.90. The third-order valence-electron chi connectivity index (χ3n) is 6.47. The molecule has 144 valence electrons. The van der Waals surface area contributed by atoms with Crippen LogP contribution in [-0.4, -0.2) is 32.5 Å². The lowest BCUT2D eigenvalue weighted by atomic mass is 9.93. The lowest BCUT2D eigenvalue weighted by Crippen LogP contribution is -2.31. The van der Waals surface area contributed by atoms with E-state index in [1.54, 1.807) is 0 Å². The fraction of sp³-hybridized carbons (Fsp3) is 0.667. The molecule has 0 bridgehead atoms. The Balaban J connectivity index is 1.43. The lowest BCUT2D eigenvalue weighted by molar-refractivity contribution is 0.524. The summed E-state index contributed by atoms with van der Waals surface area (Å²) in [6, 6.07) is 3.11. The van der Waals surface area contributed by atoms with E-state index in [0.29, 0.717) is 23.8 Å². The number of hydrogen-bond acceptors (Lipinski definition) is 4. The van der Waals surface area contributed by atoms with Gasteiger partial charge in [0, 0.05) is 29.6 Å². The van der Waals surface area contributed by atoms with Crippen LogP contribution < -0.4 is 10.6 Å². The first-order valence-electron chi connectivity index (χ1n) is 10.5. The Kier molecular flexibility index (Phi) is 4.10. The summed E-state index contributed by atoms with van der Waals surface area (Å²) >= 11 is 0. The molecule has 3 N–H and O–H groups in total. The minimum Gasteiger partial charge on any atom is -0.371 e. The van der Waals surface area contributed by atoms with Crippen LogP contribution >= 0.6 is 0 Å². The molecule has 2 aromatic heterocycles. The average molecular weight is 367 g/mol. The van der Waals surface area contributed by atoms with Crippen LogP contribution in [0.25, 0.3) is 5.65 Å². The van der Waals surface area contributed by atoms with Gasteiger partial charge in [-0.15, -0.1) is 0 Å². The maximum Gasteiger partial charge on any atom is 0.160 e. The van der Waals surface area contributed by atoms with Crippen LogP contribution in [0.3, 0.4) is 0 Å². The number of aryl methyl sites for hydroxylation is 1. The molecule has 3 saturated carbocycles. The first-order valence-corrected chi connectivity index (χ1v) is 10.5. The summed E-state index contributed by atoms with van der Waals surface area (Å²) in [4.78, 5) is 5.07. The van der Waals surface area contributed by atoms with E-state index in [4.69, 9.17) is 10.4 Å². The molecule has 0 aromatic carbocycles. The van der Waals surface area contributed by atoms with Crippen molar-refractivity contribution in [3.05, 3.63) is 23.5 Å². The van der Waals surface area contributed by atoms with Crippen molar-refractivity contribution in [3.8, 4) is 0 Å².